The van der Waals surface area contributed by atoms with Crippen LogP contribution in [0.1, 0.15) is 33.9 Å². The van der Waals surface area contributed by atoms with Gasteiger partial charge in [0.1, 0.15) is 5.78 Å². The molecule has 28 heavy (non-hydrogen) atoms. The molecule has 144 valence electrons. The first-order valence-corrected chi connectivity index (χ1v) is 10.9. The maximum Gasteiger partial charge on any atom is 0.175 e. The van der Waals surface area contributed by atoms with E-state index in [1.807, 2.05) is 50.2 Å². The Balaban J connectivity index is 2.03. The van der Waals surface area contributed by atoms with Crippen LogP contribution in [0.5, 0.6) is 0 Å². The Bertz CT molecular complexity index is 1100. The third-order valence-electron chi connectivity index (χ3n) is 4.80. The highest BCUT2D eigenvalue weighted by Crippen LogP contribution is 2.30. The van der Waals surface area contributed by atoms with E-state index in [4.69, 9.17) is 0 Å². The molecule has 2 aromatic carbocycles. The highest BCUT2D eigenvalue weighted by Gasteiger charge is 2.24. The van der Waals surface area contributed by atoms with E-state index < -0.39 is 15.8 Å². The lowest BCUT2D eigenvalue weighted by molar-refractivity contribution is -0.119. The summed E-state index contributed by atoms with van der Waals surface area (Å²) in [4.78, 5) is 17.8. The molecule has 0 aliphatic heterocycles. The Morgan fingerprint density at radius 2 is 1.68 bits per heavy atom. The Hall–Kier alpha value is -2.79. The Kier molecular flexibility index (Phi) is 5.75. The third kappa shape index (κ3) is 4.54. The zero-order valence-corrected chi connectivity index (χ0v) is 17.0. The SMILES string of the molecule is Cc1cc(CC(=O)C(c2ccc(S(C)(=O)=O)cc2)c2ccccc2C)ccn1. The molecule has 1 unspecified atom stereocenters. The van der Waals surface area contributed by atoms with Crippen LogP contribution in [0.25, 0.3) is 0 Å². The van der Waals surface area contributed by atoms with Gasteiger partial charge in [-0.3, -0.25) is 9.78 Å². The van der Waals surface area contributed by atoms with Gasteiger partial charge in [-0.05, 0) is 60.4 Å². The van der Waals surface area contributed by atoms with Crippen molar-refractivity contribution in [1.29, 1.82) is 0 Å². The van der Waals surface area contributed by atoms with Crippen molar-refractivity contribution in [3.63, 3.8) is 0 Å². The van der Waals surface area contributed by atoms with Crippen LogP contribution < -0.4 is 0 Å². The Labute approximate surface area is 166 Å². The predicted octanol–water partition coefficient (Wildman–Crippen LogP) is 4.05. The van der Waals surface area contributed by atoms with Crippen molar-refractivity contribution in [3.8, 4) is 0 Å². The first kappa shape index (κ1) is 20.0. The third-order valence-corrected chi connectivity index (χ3v) is 5.93. The average Bonchev–Trinajstić information content (AvgIpc) is 2.63. The zero-order valence-electron chi connectivity index (χ0n) is 16.2. The molecule has 4 nitrogen and oxygen atoms in total. The van der Waals surface area contributed by atoms with Gasteiger partial charge >= 0.3 is 0 Å². The standard InChI is InChI=1S/C23H23NO3S/c1-16-6-4-5-7-21(16)23(19-8-10-20(11-9-19)28(3,26)27)22(25)15-18-12-13-24-17(2)14-18/h4-14,23H,15H2,1-3H3. The second-order valence-electron chi connectivity index (χ2n) is 7.08. The van der Waals surface area contributed by atoms with Crippen molar-refractivity contribution >= 4 is 15.6 Å². The van der Waals surface area contributed by atoms with Crippen molar-refractivity contribution in [2.45, 2.75) is 31.1 Å². The second-order valence-corrected chi connectivity index (χ2v) is 9.10. The molecular formula is C23H23NO3S. The molecule has 0 saturated heterocycles. The van der Waals surface area contributed by atoms with E-state index >= 15 is 0 Å². The summed E-state index contributed by atoms with van der Waals surface area (Å²) in [5.74, 6) is -0.393. The molecular weight excluding hydrogens is 370 g/mol. The maximum absolute atomic E-state index is 13.3. The first-order valence-electron chi connectivity index (χ1n) is 9.05. The van der Waals surface area contributed by atoms with Gasteiger partial charge in [0.15, 0.2) is 9.84 Å². The average molecular weight is 394 g/mol. The van der Waals surface area contributed by atoms with Crippen molar-refractivity contribution in [3.05, 3.63) is 94.8 Å². The van der Waals surface area contributed by atoms with E-state index in [-0.39, 0.29) is 17.1 Å². The van der Waals surface area contributed by atoms with Gasteiger partial charge in [-0.25, -0.2) is 8.42 Å². The predicted molar refractivity (Wildman–Crippen MR) is 110 cm³/mol. The number of rotatable bonds is 6. The van der Waals surface area contributed by atoms with Gasteiger partial charge < -0.3 is 0 Å². The number of hydrogen-bond acceptors (Lipinski definition) is 4. The van der Waals surface area contributed by atoms with Crippen LogP contribution >= 0.6 is 0 Å². The van der Waals surface area contributed by atoms with Crippen LogP contribution in [0.2, 0.25) is 0 Å². The molecule has 0 amide bonds. The molecule has 3 aromatic rings. The number of pyridine rings is 1. The highest BCUT2D eigenvalue weighted by atomic mass is 32.2. The largest absolute Gasteiger partial charge is 0.298 e. The minimum absolute atomic E-state index is 0.0620. The molecule has 1 atom stereocenters. The van der Waals surface area contributed by atoms with Gasteiger partial charge in [0.2, 0.25) is 0 Å². The van der Waals surface area contributed by atoms with Gasteiger partial charge in [-0.15, -0.1) is 0 Å². The fourth-order valence-electron chi connectivity index (χ4n) is 3.37. The number of hydrogen-bond donors (Lipinski definition) is 0. The minimum Gasteiger partial charge on any atom is -0.298 e. The molecule has 5 heteroatoms. The molecule has 0 aliphatic carbocycles. The van der Waals surface area contributed by atoms with Crippen LogP contribution in [-0.2, 0) is 21.1 Å². The second kappa shape index (κ2) is 8.07. The number of ketones is 1. The molecule has 1 heterocycles. The molecule has 0 N–H and O–H groups in total. The number of nitrogens with zero attached hydrogens (tertiary/aromatic N) is 1. The summed E-state index contributed by atoms with van der Waals surface area (Å²) < 4.78 is 23.5. The van der Waals surface area contributed by atoms with Crippen LogP contribution in [0.15, 0.2) is 71.8 Å². The number of sulfone groups is 1. The summed E-state index contributed by atoms with van der Waals surface area (Å²) in [5.41, 5.74) is 4.54. The number of benzene rings is 2. The topological polar surface area (TPSA) is 64.1 Å². The smallest absolute Gasteiger partial charge is 0.175 e. The lowest BCUT2D eigenvalue weighted by Crippen LogP contribution is -2.18. The van der Waals surface area contributed by atoms with Crippen molar-refractivity contribution in [2.24, 2.45) is 0 Å². The number of aryl methyl sites for hydroxylation is 2. The van der Waals surface area contributed by atoms with E-state index in [2.05, 4.69) is 4.98 Å². The molecule has 0 radical (unpaired) electrons. The van der Waals surface area contributed by atoms with Crippen LogP contribution in [0.3, 0.4) is 0 Å². The van der Waals surface area contributed by atoms with E-state index in [9.17, 15) is 13.2 Å². The van der Waals surface area contributed by atoms with Crippen molar-refractivity contribution < 1.29 is 13.2 Å². The monoisotopic (exact) mass is 393 g/mol. The van der Waals surface area contributed by atoms with Crippen LogP contribution in [0, 0.1) is 13.8 Å². The van der Waals surface area contributed by atoms with E-state index in [0.29, 0.717) is 0 Å². The number of carbonyl (C=O) groups excluding carboxylic acids is 1. The van der Waals surface area contributed by atoms with Gasteiger partial charge in [-0.2, -0.15) is 0 Å². The summed E-state index contributed by atoms with van der Waals surface area (Å²) in [6.45, 7) is 3.88. The zero-order chi connectivity index (χ0) is 20.3. The van der Waals surface area contributed by atoms with E-state index in [0.717, 1.165) is 27.9 Å². The lowest BCUT2D eigenvalue weighted by Gasteiger charge is -2.19. The summed E-state index contributed by atoms with van der Waals surface area (Å²) in [6.07, 6.45) is 3.18. The molecule has 1 aromatic heterocycles. The molecule has 0 saturated carbocycles. The highest BCUT2D eigenvalue weighted by molar-refractivity contribution is 7.90. The molecule has 3 rings (SSSR count). The molecule has 0 fully saturated rings. The van der Waals surface area contributed by atoms with Gasteiger partial charge in [0.05, 0.1) is 10.8 Å². The number of aromatic nitrogens is 1. The Morgan fingerprint density at radius 3 is 2.29 bits per heavy atom. The minimum atomic E-state index is -3.28. The summed E-state index contributed by atoms with van der Waals surface area (Å²) in [7, 11) is -3.28. The lowest BCUT2D eigenvalue weighted by atomic mass is 9.83. The number of Topliss-reactive ketones (excluding diaryl/α,β-unsaturated/α-hetero) is 1. The fourth-order valence-corrected chi connectivity index (χ4v) is 4.00. The molecule has 0 aliphatic rings. The normalized spacial score (nSPS) is 12.5. The summed E-state index contributed by atoms with van der Waals surface area (Å²) in [6, 6.07) is 18.2. The molecule has 0 bridgehead atoms. The summed E-state index contributed by atoms with van der Waals surface area (Å²) >= 11 is 0. The Morgan fingerprint density at radius 1 is 1.00 bits per heavy atom. The maximum atomic E-state index is 13.3. The molecule has 0 spiro atoms. The first-order chi connectivity index (χ1) is 13.3. The number of carbonyl (C=O) groups is 1. The van der Waals surface area contributed by atoms with E-state index in [1.165, 1.54) is 6.26 Å². The quantitative estimate of drug-likeness (QED) is 0.634. The summed E-state index contributed by atoms with van der Waals surface area (Å²) in [5, 5.41) is 0. The van der Waals surface area contributed by atoms with Crippen LogP contribution in [0.4, 0.5) is 0 Å². The fraction of sp³-hybridized carbons (Fsp3) is 0.217. The van der Waals surface area contributed by atoms with Crippen molar-refractivity contribution in [2.75, 3.05) is 6.26 Å². The van der Waals surface area contributed by atoms with Gasteiger partial charge in [0, 0.05) is 24.6 Å². The van der Waals surface area contributed by atoms with Crippen LogP contribution in [-0.4, -0.2) is 25.4 Å². The van der Waals surface area contributed by atoms with Crippen molar-refractivity contribution in [1.82, 2.24) is 4.98 Å². The van der Waals surface area contributed by atoms with E-state index in [1.54, 1.807) is 30.5 Å². The van der Waals surface area contributed by atoms with Gasteiger partial charge in [0.25, 0.3) is 0 Å². The van der Waals surface area contributed by atoms with Gasteiger partial charge in [-0.1, -0.05) is 36.4 Å².